The first-order valence-corrected chi connectivity index (χ1v) is 6.41. The highest BCUT2D eigenvalue weighted by molar-refractivity contribution is 5.47. The molecule has 0 amide bonds. The molecule has 0 aliphatic carbocycles. The van der Waals surface area contributed by atoms with Crippen LogP contribution in [0, 0.1) is 15.9 Å². The molecule has 5 nitrogen and oxygen atoms in total. The van der Waals surface area contributed by atoms with Gasteiger partial charge in [-0.3, -0.25) is 10.1 Å². The van der Waals surface area contributed by atoms with Crippen LogP contribution < -0.4 is 10.1 Å². The van der Waals surface area contributed by atoms with E-state index in [4.69, 9.17) is 4.74 Å². The Kier molecular flexibility index (Phi) is 4.71. The number of nitro groups is 1. The molecule has 0 radical (unpaired) electrons. The average Bonchev–Trinajstić information content (AvgIpc) is 2.48. The molecule has 0 aliphatic rings. The summed E-state index contributed by atoms with van der Waals surface area (Å²) >= 11 is 0. The van der Waals surface area contributed by atoms with Crippen LogP contribution in [0.4, 0.5) is 15.8 Å². The second kappa shape index (κ2) is 6.69. The van der Waals surface area contributed by atoms with E-state index in [0.29, 0.717) is 18.7 Å². The fourth-order valence-electron chi connectivity index (χ4n) is 1.91. The third kappa shape index (κ3) is 3.92. The maximum Gasteiger partial charge on any atom is 0.269 e. The Hall–Kier alpha value is -2.63. The summed E-state index contributed by atoms with van der Waals surface area (Å²) in [5.41, 5.74) is 1.71. The van der Waals surface area contributed by atoms with E-state index >= 15 is 0 Å². The third-order valence-electron chi connectivity index (χ3n) is 3.04. The van der Waals surface area contributed by atoms with Gasteiger partial charge in [-0.25, -0.2) is 4.39 Å². The molecule has 0 saturated carbocycles. The van der Waals surface area contributed by atoms with Crippen molar-refractivity contribution < 1.29 is 14.1 Å². The van der Waals surface area contributed by atoms with Crippen molar-refractivity contribution in [2.75, 3.05) is 19.0 Å². The molecule has 0 aromatic heterocycles. The van der Waals surface area contributed by atoms with E-state index in [1.165, 1.54) is 25.3 Å². The third-order valence-corrected chi connectivity index (χ3v) is 3.04. The summed E-state index contributed by atoms with van der Waals surface area (Å²) in [5.74, 6) is -0.214. The Morgan fingerprint density at radius 1 is 1.24 bits per heavy atom. The minimum atomic E-state index is -0.428. The van der Waals surface area contributed by atoms with E-state index < -0.39 is 10.7 Å². The van der Waals surface area contributed by atoms with Crippen LogP contribution in [0.3, 0.4) is 0 Å². The summed E-state index contributed by atoms with van der Waals surface area (Å²) < 4.78 is 18.3. The lowest BCUT2D eigenvalue weighted by molar-refractivity contribution is -0.384. The van der Waals surface area contributed by atoms with E-state index in [1.54, 1.807) is 24.3 Å². The van der Waals surface area contributed by atoms with E-state index in [-0.39, 0.29) is 11.4 Å². The molecule has 2 aromatic carbocycles. The van der Waals surface area contributed by atoms with Crippen molar-refractivity contribution in [1.29, 1.82) is 0 Å². The fraction of sp³-hybridized carbons (Fsp3) is 0.200. The van der Waals surface area contributed by atoms with Crippen LogP contribution in [0.15, 0.2) is 42.5 Å². The normalized spacial score (nSPS) is 10.2. The molecule has 0 saturated heterocycles. The highest BCUT2D eigenvalue weighted by Crippen LogP contribution is 2.20. The topological polar surface area (TPSA) is 64.4 Å². The fourth-order valence-corrected chi connectivity index (χ4v) is 1.91. The van der Waals surface area contributed by atoms with Crippen LogP contribution in [-0.2, 0) is 6.42 Å². The van der Waals surface area contributed by atoms with E-state index in [0.717, 1.165) is 5.56 Å². The number of anilines is 1. The molecule has 2 rings (SSSR count). The molecular weight excluding hydrogens is 275 g/mol. The molecule has 1 N–H and O–H groups in total. The number of ether oxygens (including phenoxy) is 1. The number of non-ortho nitro benzene ring substituents is 1. The lowest BCUT2D eigenvalue weighted by Crippen LogP contribution is -2.05. The van der Waals surface area contributed by atoms with Gasteiger partial charge in [-0.1, -0.05) is 12.1 Å². The summed E-state index contributed by atoms with van der Waals surface area (Å²) in [7, 11) is 1.42. The summed E-state index contributed by atoms with van der Waals surface area (Å²) in [6.07, 6.45) is 0.686. The van der Waals surface area contributed by atoms with Crippen LogP contribution in [0.2, 0.25) is 0 Å². The van der Waals surface area contributed by atoms with Crippen molar-refractivity contribution in [2.45, 2.75) is 6.42 Å². The van der Waals surface area contributed by atoms with Gasteiger partial charge in [0.15, 0.2) is 11.6 Å². The Morgan fingerprint density at radius 3 is 2.52 bits per heavy atom. The van der Waals surface area contributed by atoms with Crippen LogP contribution >= 0.6 is 0 Å². The van der Waals surface area contributed by atoms with E-state index in [9.17, 15) is 14.5 Å². The van der Waals surface area contributed by atoms with Gasteiger partial charge in [0.1, 0.15) is 0 Å². The first-order chi connectivity index (χ1) is 10.1. The summed E-state index contributed by atoms with van der Waals surface area (Å²) in [4.78, 5) is 10.1. The van der Waals surface area contributed by atoms with Crippen molar-refractivity contribution in [1.82, 2.24) is 0 Å². The minimum absolute atomic E-state index is 0.0731. The first-order valence-electron chi connectivity index (χ1n) is 6.41. The number of methoxy groups -OCH3 is 1. The highest BCUT2D eigenvalue weighted by atomic mass is 19.1. The SMILES string of the molecule is COc1ccc(NCCc2ccc([N+](=O)[O-])cc2)cc1F. The number of nitrogens with one attached hydrogen (secondary N) is 1. The predicted molar refractivity (Wildman–Crippen MR) is 78.2 cm³/mol. The zero-order chi connectivity index (χ0) is 15.2. The van der Waals surface area contributed by atoms with Gasteiger partial charge in [-0.2, -0.15) is 0 Å². The van der Waals surface area contributed by atoms with Crippen LogP contribution in [0.1, 0.15) is 5.56 Å². The largest absolute Gasteiger partial charge is 0.494 e. The zero-order valence-corrected chi connectivity index (χ0v) is 11.5. The number of rotatable bonds is 6. The molecule has 0 unspecified atom stereocenters. The molecular formula is C15H15FN2O3. The van der Waals surface area contributed by atoms with E-state index in [2.05, 4.69) is 5.32 Å². The maximum atomic E-state index is 13.5. The molecule has 0 aliphatic heterocycles. The number of halogens is 1. The van der Waals surface area contributed by atoms with Crippen LogP contribution in [0.25, 0.3) is 0 Å². The van der Waals surface area contributed by atoms with Crippen molar-refractivity contribution >= 4 is 11.4 Å². The average molecular weight is 290 g/mol. The van der Waals surface area contributed by atoms with Gasteiger partial charge in [0, 0.05) is 30.4 Å². The molecule has 0 atom stereocenters. The monoisotopic (exact) mass is 290 g/mol. The molecule has 2 aromatic rings. The summed E-state index contributed by atoms with van der Waals surface area (Å²) in [6, 6.07) is 11.0. The lowest BCUT2D eigenvalue weighted by atomic mass is 10.1. The van der Waals surface area contributed by atoms with Gasteiger partial charge in [0.2, 0.25) is 0 Å². The number of hydrogen-bond donors (Lipinski definition) is 1. The lowest BCUT2D eigenvalue weighted by Gasteiger charge is -2.08. The minimum Gasteiger partial charge on any atom is -0.494 e. The van der Waals surface area contributed by atoms with Crippen molar-refractivity contribution in [3.63, 3.8) is 0 Å². The number of nitrogens with zero attached hydrogens (tertiary/aromatic N) is 1. The molecule has 0 spiro atoms. The van der Waals surface area contributed by atoms with Gasteiger partial charge in [0.25, 0.3) is 5.69 Å². The van der Waals surface area contributed by atoms with Crippen molar-refractivity contribution in [3.8, 4) is 5.75 Å². The Labute approximate surface area is 121 Å². The predicted octanol–water partition coefficient (Wildman–Crippen LogP) is 3.40. The highest BCUT2D eigenvalue weighted by Gasteiger charge is 2.05. The van der Waals surface area contributed by atoms with Crippen LogP contribution in [0.5, 0.6) is 5.75 Å². The molecule has 110 valence electrons. The second-order valence-corrected chi connectivity index (χ2v) is 4.45. The van der Waals surface area contributed by atoms with Gasteiger partial charge in [0.05, 0.1) is 12.0 Å². The maximum absolute atomic E-state index is 13.5. The Morgan fingerprint density at radius 2 is 1.95 bits per heavy atom. The zero-order valence-electron chi connectivity index (χ0n) is 11.5. The second-order valence-electron chi connectivity index (χ2n) is 4.45. The first kappa shape index (κ1) is 14.8. The number of benzene rings is 2. The Balaban J connectivity index is 1.89. The van der Waals surface area contributed by atoms with Crippen molar-refractivity contribution in [3.05, 3.63) is 64.0 Å². The standard InChI is InChI=1S/C15H15FN2O3/c1-21-15-7-4-12(10-14(15)16)17-9-8-11-2-5-13(6-3-11)18(19)20/h2-7,10,17H,8-9H2,1H3. The van der Waals surface area contributed by atoms with Crippen molar-refractivity contribution in [2.24, 2.45) is 0 Å². The smallest absolute Gasteiger partial charge is 0.269 e. The molecule has 6 heteroatoms. The van der Waals surface area contributed by atoms with Gasteiger partial charge in [-0.15, -0.1) is 0 Å². The van der Waals surface area contributed by atoms with Gasteiger partial charge in [-0.05, 0) is 24.1 Å². The molecule has 0 bridgehead atoms. The number of nitro benzene ring substituents is 1. The molecule has 0 heterocycles. The number of hydrogen-bond acceptors (Lipinski definition) is 4. The quantitative estimate of drug-likeness (QED) is 0.654. The molecule has 21 heavy (non-hydrogen) atoms. The van der Waals surface area contributed by atoms with Crippen LogP contribution in [-0.4, -0.2) is 18.6 Å². The molecule has 0 fully saturated rings. The van der Waals surface area contributed by atoms with E-state index in [1.807, 2.05) is 0 Å². The van der Waals surface area contributed by atoms with Gasteiger partial charge < -0.3 is 10.1 Å². The Bertz CT molecular complexity index is 629. The summed E-state index contributed by atoms with van der Waals surface area (Å²) in [5, 5.41) is 13.6. The summed E-state index contributed by atoms with van der Waals surface area (Å²) in [6.45, 7) is 0.601. The van der Waals surface area contributed by atoms with Gasteiger partial charge >= 0.3 is 0 Å².